The predicted octanol–water partition coefficient (Wildman–Crippen LogP) is 3.06. The van der Waals surface area contributed by atoms with Gasteiger partial charge in [-0.1, -0.05) is 30.3 Å². The first-order valence-corrected chi connectivity index (χ1v) is 11.1. The highest BCUT2D eigenvalue weighted by Gasteiger charge is 2.28. The molecule has 2 aromatic carbocycles. The van der Waals surface area contributed by atoms with Gasteiger partial charge in [0.15, 0.2) is 0 Å². The number of benzene rings is 2. The fourth-order valence-corrected chi connectivity index (χ4v) is 4.54. The standard InChI is InChI=1S/C19H24N2O3S2/c1-15-8-7-9-17(14-15)21(26(3,23)24)16(2)19(22)20-12-13-25-18-10-5-4-6-11-18/h4-11,14,16H,12-13H2,1-3H3,(H,20,22). The normalized spacial score (nSPS) is 12.4. The van der Waals surface area contributed by atoms with Crippen LogP contribution >= 0.6 is 11.8 Å². The van der Waals surface area contributed by atoms with Crippen molar-refractivity contribution in [2.24, 2.45) is 0 Å². The van der Waals surface area contributed by atoms with E-state index < -0.39 is 16.1 Å². The van der Waals surface area contributed by atoms with Gasteiger partial charge in [0.1, 0.15) is 6.04 Å². The average Bonchev–Trinajstić information content (AvgIpc) is 2.58. The quantitative estimate of drug-likeness (QED) is 0.554. The van der Waals surface area contributed by atoms with E-state index in [4.69, 9.17) is 0 Å². The summed E-state index contributed by atoms with van der Waals surface area (Å²) in [6.45, 7) is 3.95. The van der Waals surface area contributed by atoms with Crippen LogP contribution in [0.2, 0.25) is 0 Å². The summed E-state index contributed by atoms with van der Waals surface area (Å²) in [7, 11) is -3.59. The highest BCUT2D eigenvalue weighted by molar-refractivity contribution is 7.99. The number of carbonyl (C=O) groups excluding carboxylic acids is 1. The summed E-state index contributed by atoms with van der Waals surface area (Å²) in [5.41, 5.74) is 1.43. The lowest BCUT2D eigenvalue weighted by Crippen LogP contribution is -2.48. The molecule has 0 saturated carbocycles. The largest absolute Gasteiger partial charge is 0.353 e. The van der Waals surface area contributed by atoms with Crippen LogP contribution in [0.5, 0.6) is 0 Å². The molecule has 0 aromatic heterocycles. The SMILES string of the molecule is Cc1cccc(N(C(C)C(=O)NCCSc2ccccc2)S(C)(=O)=O)c1. The van der Waals surface area contributed by atoms with E-state index in [1.807, 2.05) is 43.3 Å². The van der Waals surface area contributed by atoms with Crippen LogP contribution in [0.25, 0.3) is 0 Å². The van der Waals surface area contributed by atoms with E-state index in [9.17, 15) is 13.2 Å². The Morgan fingerprint density at radius 2 is 1.85 bits per heavy atom. The van der Waals surface area contributed by atoms with Gasteiger partial charge in [-0.15, -0.1) is 11.8 Å². The summed E-state index contributed by atoms with van der Waals surface area (Å²) in [6.07, 6.45) is 1.12. The molecule has 0 aliphatic rings. The summed E-state index contributed by atoms with van der Waals surface area (Å²) >= 11 is 1.64. The van der Waals surface area contributed by atoms with Gasteiger partial charge in [0, 0.05) is 17.2 Å². The van der Waals surface area contributed by atoms with E-state index in [0.717, 1.165) is 16.7 Å². The molecule has 1 atom stereocenters. The van der Waals surface area contributed by atoms with E-state index in [1.54, 1.807) is 36.9 Å². The summed E-state index contributed by atoms with van der Waals surface area (Å²) in [5.74, 6) is 0.400. The molecule has 1 unspecified atom stereocenters. The Morgan fingerprint density at radius 1 is 1.15 bits per heavy atom. The van der Waals surface area contributed by atoms with Crippen LogP contribution in [-0.4, -0.2) is 38.9 Å². The number of anilines is 1. The van der Waals surface area contributed by atoms with Crippen molar-refractivity contribution >= 4 is 33.4 Å². The summed E-state index contributed by atoms with van der Waals surface area (Å²) in [6, 6.07) is 16.2. The van der Waals surface area contributed by atoms with Crippen LogP contribution in [0, 0.1) is 6.92 Å². The first-order chi connectivity index (χ1) is 12.3. The Balaban J connectivity index is 1.99. The molecular weight excluding hydrogens is 368 g/mol. The minimum absolute atomic E-state index is 0.314. The minimum atomic E-state index is -3.59. The molecule has 0 bridgehead atoms. The predicted molar refractivity (Wildman–Crippen MR) is 108 cm³/mol. The molecule has 140 valence electrons. The first kappa shape index (κ1) is 20.3. The highest BCUT2D eigenvalue weighted by atomic mass is 32.2. The molecule has 0 radical (unpaired) electrons. The van der Waals surface area contributed by atoms with Gasteiger partial charge < -0.3 is 5.32 Å². The van der Waals surface area contributed by atoms with Crippen molar-refractivity contribution in [3.8, 4) is 0 Å². The summed E-state index contributed by atoms with van der Waals surface area (Å²) in [5, 5.41) is 2.82. The number of aryl methyl sites for hydroxylation is 1. The number of hydrogen-bond donors (Lipinski definition) is 1. The molecule has 0 spiro atoms. The monoisotopic (exact) mass is 392 g/mol. The molecule has 7 heteroatoms. The van der Waals surface area contributed by atoms with Gasteiger partial charge in [-0.05, 0) is 43.7 Å². The Bertz CT molecular complexity index is 839. The number of rotatable bonds is 8. The number of hydrogen-bond acceptors (Lipinski definition) is 4. The van der Waals surface area contributed by atoms with Crippen LogP contribution in [0.4, 0.5) is 5.69 Å². The zero-order valence-corrected chi connectivity index (χ0v) is 16.8. The van der Waals surface area contributed by atoms with Crippen molar-refractivity contribution in [2.45, 2.75) is 24.8 Å². The molecule has 2 rings (SSSR count). The lowest BCUT2D eigenvalue weighted by atomic mass is 10.2. The van der Waals surface area contributed by atoms with Gasteiger partial charge in [0.2, 0.25) is 15.9 Å². The lowest BCUT2D eigenvalue weighted by Gasteiger charge is -2.28. The van der Waals surface area contributed by atoms with Crippen molar-refractivity contribution in [1.29, 1.82) is 0 Å². The fourth-order valence-electron chi connectivity index (χ4n) is 2.58. The van der Waals surface area contributed by atoms with Crippen LogP contribution in [0.15, 0.2) is 59.5 Å². The topological polar surface area (TPSA) is 66.5 Å². The molecule has 0 saturated heterocycles. The molecule has 26 heavy (non-hydrogen) atoms. The van der Waals surface area contributed by atoms with Crippen LogP contribution < -0.4 is 9.62 Å². The molecule has 0 fully saturated rings. The molecular formula is C19H24N2O3S2. The second-order valence-electron chi connectivity index (χ2n) is 6.03. The zero-order valence-electron chi connectivity index (χ0n) is 15.2. The maximum atomic E-state index is 12.5. The van der Waals surface area contributed by atoms with Crippen LogP contribution in [0.1, 0.15) is 12.5 Å². The third-order valence-corrected chi connectivity index (χ3v) is 6.01. The van der Waals surface area contributed by atoms with Crippen LogP contribution in [0.3, 0.4) is 0 Å². The van der Waals surface area contributed by atoms with Gasteiger partial charge in [-0.3, -0.25) is 9.10 Å². The second-order valence-corrected chi connectivity index (χ2v) is 9.05. The first-order valence-electron chi connectivity index (χ1n) is 8.30. The number of carbonyl (C=O) groups is 1. The Labute approximate surface area is 159 Å². The number of thioether (sulfide) groups is 1. The van der Waals surface area contributed by atoms with Gasteiger partial charge in [-0.2, -0.15) is 0 Å². The summed E-state index contributed by atoms with van der Waals surface area (Å²) < 4.78 is 25.7. The second kappa shape index (κ2) is 9.09. The summed E-state index contributed by atoms with van der Waals surface area (Å²) in [4.78, 5) is 13.6. The van der Waals surface area contributed by atoms with Crippen LogP contribution in [-0.2, 0) is 14.8 Å². The fraction of sp³-hybridized carbons (Fsp3) is 0.316. The van der Waals surface area contributed by atoms with Gasteiger partial charge in [-0.25, -0.2) is 8.42 Å². The maximum Gasteiger partial charge on any atom is 0.243 e. The maximum absolute atomic E-state index is 12.5. The number of sulfonamides is 1. The van der Waals surface area contributed by atoms with Gasteiger partial charge >= 0.3 is 0 Å². The molecule has 1 N–H and O–H groups in total. The molecule has 1 amide bonds. The smallest absolute Gasteiger partial charge is 0.243 e. The van der Waals surface area contributed by atoms with E-state index in [2.05, 4.69) is 5.32 Å². The molecule has 5 nitrogen and oxygen atoms in total. The van der Waals surface area contributed by atoms with E-state index in [-0.39, 0.29) is 5.91 Å². The third kappa shape index (κ3) is 5.78. The zero-order chi connectivity index (χ0) is 19.2. The minimum Gasteiger partial charge on any atom is -0.353 e. The van der Waals surface area contributed by atoms with Gasteiger partial charge in [0.05, 0.1) is 11.9 Å². The van der Waals surface area contributed by atoms with Crippen molar-refractivity contribution in [2.75, 3.05) is 22.9 Å². The molecule has 2 aromatic rings. The molecule has 0 aliphatic heterocycles. The number of nitrogens with zero attached hydrogens (tertiary/aromatic N) is 1. The van der Waals surface area contributed by atoms with Crippen molar-refractivity contribution in [3.05, 3.63) is 60.2 Å². The third-order valence-electron chi connectivity index (χ3n) is 3.76. The van der Waals surface area contributed by atoms with Gasteiger partial charge in [0.25, 0.3) is 0 Å². The molecule has 0 aliphatic carbocycles. The number of amides is 1. The number of nitrogens with one attached hydrogen (secondary N) is 1. The van der Waals surface area contributed by atoms with Crippen molar-refractivity contribution in [3.63, 3.8) is 0 Å². The lowest BCUT2D eigenvalue weighted by molar-refractivity contribution is -0.121. The Morgan fingerprint density at radius 3 is 2.46 bits per heavy atom. The van der Waals surface area contributed by atoms with E-state index in [0.29, 0.717) is 18.0 Å². The van der Waals surface area contributed by atoms with E-state index >= 15 is 0 Å². The van der Waals surface area contributed by atoms with Crippen molar-refractivity contribution < 1.29 is 13.2 Å². The van der Waals surface area contributed by atoms with E-state index in [1.165, 1.54) is 4.31 Å². The average molecular weight is 393 g/mol. The Kier molecular flexibility index (Phi) is 7.11. The molecule has 0 heterocycles. The highest BCUT2D eigenvalue weighted by Crippen LogP contribution is 2.22. The van der Waals surface area contributed by atoms with Crippen molar-refractivity contribution in [1.82, 2.24) is 5.32 Å². The Hall–Kier alpha value is -1.99.